The first kappa shape index (κ1) is 27.1. The summed E-state index contributed by atoms with van der Waals surface area (Å²) in [6, 6.07) is 11.9. The van der Waals surface area contributed by atoms with Crippen molar-refractivity contribution in [2.24, 2.45) is 0 Å². The summed E-state index contributed by atoms with van der Waals surface area (Å²) in [4.78, 5) is 0. The molecule has 5 rings (SSSR count). The number of aryl methyl sites for hydroxylation is 2. The van der Waals surface area contributed by atoms with E-state index in [2.05, 4.69) is 97.9 Å². The second kappa shape index (κ2) is 11.1. The molecule has 0 aromatic heterocycles. The molecule has 0 saturated heterocycles. The molecule has 2 aliphatic carbocycles. The van der Waals surface area contributed by atoms with E-state index in [1.807, 2.05) is 12.2 Å². The normalized spacial score (nSPS) is 15.5. The van der Waals surface area contributed by atoms with Gasteiger partial charge in [0, 0.05) is 0 Å². The topological polar surface area (TPSA) is 0 Å². The number of hydrogen-bond acceptors (Lipinski definition) is 0. The number of benzene rings is 2. The summed E-state index contributed by atoms with van der Waals surface area (Å²) < 4.78 is 1.79. The van der Waals surface area contributed by atoms with E-state index in [0.717, 1.165) is 6.42 Å². The fraction of sp³-hybridized carbons (Fsp3) is 0.455. The summed E-state index contributed by atoms with van der Waals surface area (Å²) in [6.07, 6.45) is 15.8. The van der Waals surface area contributed by atoms with Crippen LogP contribution in [0.15, 0.2) is 48.6 Å². The Bertz CT molecular complexity index is 1120. The van der Waals surface area contributed by atoms with E-state index in [9.17, 15) is 0 Å². The number of fused-ring (bicyclic) bond motifs is 3. The molecule has 2 aliphatic rings. The maximum atomic E-state index is 2.99. The van der Waals surface area contributed by atoms with Crippen molar-refractivity contribution in [1.82, 2.24) is 0 Å². The van der Waals surface area contributed by atoms with Crippen molar-refractivity contribution < 1.29 is 24.2 Å². The Kier molecular flexibility index (Phi) is 8.84. The van der Waals surface area contributed by atoms with Crippen LogP contribution in [0.3, 0.4) is 0 Å². The average molecular weight is 530 g/mol. The molecule has 0 bridgehead atoms. The molecule has 0 amide bonds. The van der Waals surface area contributed by atoms with Crippen molar-refractivity contribution in [3.05, 3.63) is 76.9 Å². The van der Waals surface area contributed by atoms with E-state index in [1.54, 1.807) is 27.4 Å². The number of allylic oxidation sites excluding steroid dienone is 4. The molecule has 1 heteroatoms. The van der Waals surface area contributed by atoms with Crippen LogP contribution in [0.4, 0.5) is 0 Å². The first-order chi connectivity index (χ1) is 15.9. The molecule has 3 aromatic rings. The van der Waals surface area contributed by atoms with Gasteiger partial charge in [-0.3, -0.25) is 6.08 Å². The standard InChI is InChI=1S/C23H29.C5H8.C5H5.Zr/c1-14-9-16-11-17-10-15(2)21(23(6,7)8)13-19(17)18(16)12-20(14)22(3,4)5;2*1-2-4-5-3-1;/h9-13H,1-8H3;1-4H2;1-3H,4H2;/q-1;;-1;+2. The van der Waals surface area contributed by atoms with Gasteiger partial charge in [-0.15, -0.1) is 46.2 Å². The molecule has 0 nitrogen and oxygen atoms in total. The van der Waals surface area contributed by atoms with Gasteiger partial charge in [-0.1, -0.05) is 75.9 Å². The van der Waals surface area contributed by atoms with Gasteiger partial charge in [0.2, 0.25) is 0 Å². The van der Waals surface area contributed by atoms with Gasteiger partial charge in [0.05, 0.1) is 0 Å². The Balaban J connectivity index is 0.000000239. The fourth-order valence-electron chi connectivity index (χ4n) is 5.09. The Labute approximate surface area is 223 Å². The molecular weight excluding hydrogens is 488 g/mol. The third-order valence-corrected chi connectivity index (χ3v) is 8.03. The van der Waals surface area contributed by atoms with Crippen molar-refractivity contribution in [3.63, 3.8) is 0 Å². The van der Waals surface area contributed by atoms with E-state index in [1.165, 1.54) is 69.5 Å². The van der Waals surface area contributed by atoms with Crippen molar-refractivity contribution in [3.8, 4) is 0 Å². The van der Waals surface area contributed by atoms with Crippen LogP contribution < -0.4 is 0 Å². The average Bonchev–Trinajstić information content (AvgIpc) is 3.48. The van der Waals surface area contributed by atoms with Crippen molar-refractivity contribution in [1.29, 1.82) is 0 Å². The zero-order chi connectivity index (χ0) is 25.1. The minimum atomic E-state index is 0.180. The Morgan fingerprint density at radius 3 is 1.50 bits per heavy atom. The molecular formula is C33H42Zr. The van der Waals surface area contributed by atoms with Crippen molar-refractivity contribution >= 4 is 24.8 Å². The first-order valence-electron chi connectivity index (χ1n) is 12.8. The SMILES string of the molecule is Cc1cc2[cH-]c3cc(C)c(C(C)(C)C)cc3c2cc1C(C)(C)C.[C-]1=CC=CC1.[Zr+2]=[C]1CCCC1. The molecule has 0 heterocycles. The van der Waals surface area contributed by atoms with E-state index in [0.29, 0.717) is 0 Å². The summed E-state index contributed by atoms with van der Waals surface area (Å²) in [6.45, 7) is 18.3. The third kappa shape index (κ3) is 6.82. The van der Waals surface area contributed by atoms with Crippen LogP contribution in [0, 0.1) is 19.9 Å². The van der Waals surface area contributed by atoms with Crippen LogP contribution in [-0.2, 0) is 35.1 Å². The van der Waals surface area contributed by atoms with Gasteiger partial charge in [0.15, 0.2) is 0 Å². The summed E-state index contributed by atoms with van der Waals surface area (Å²) in [7, 11) is 0. The molecule has 1 fully saturated rings. The summed E-state index contributed by atoms with van der Waals surface area (Å²) >= 11 is 1.68. The fourth-order valence-corrected chi connectivity index (χ4v) is 5.96. The van der Waals surface area contributed by atoms with Gasteiger partial charge >= 0.3 is 53.1 Å². The third-order valence-electron chi connectivity index (χ3n) is 6.80. The second-order valence-electron chi connectivity index (χ2n) is 12.0. The second-order valence-corrected chi connectivity index (χ2v) is 13.7. The minimum absolute atomic E-state index is 0.180. The van der Waals surface area contributed by atoms with Gasteiger partial charge < -0.3 is 0 Å². The van der Waals surface area contributed by atoms with Crippen LogP contribution in [0.1, 0.15) is 95.9 Å². The molecule has 0 aliphatic heterocycles. The van der Waals surface area contributed by atoms with Crippen LogP contribution in [-0.4, -0.2) is 3.21 Å². The van der Waals surface area contributed by atoms with Gasteiger partial charge in [-0.2, -0.15) is 6.08 Å². The van der Waals surface area contributed by atoms with Gasteiger partial charge in [0.1, 0.15) is 0 Å². The Morgan fingerprint density at radius 2 is 1.24 bits per heavy atom. The van der Waals surface area contributed by atoms with E-state index in [-0.39, 0.29) is 10.8 Å². The van der Waals surface area contributed by atoms with Crippen LogP contribution in [0.2, 0.25) is 0 Å². The zero-order valence-electron chi connectivity index (χ0n) is 22.7. The molecule has 178 valence electrons. The van der Waals surface area contributed by atoms with Crippen molar-refractivity contribution in [2.75, 3.05) is 0 Å². The van der Waals surface area contributed by atoms with E-state index >= 15 is 0 Å². The first-order valence-corrected chi connectivity index (χ1v) is 14.0. The molecule has 3 aromatic carbocycles. The van der Waals surface area contributed by atoms with Gasteiger partial charge in [-0.25, -0.2) is 12.2 Å². The molecule has 0 spiro atoms. The monoisotopic (exact) mass is 528 g/mol. The Hall–Kier alpha value is -1.46. The van der Waals surface area contributed by atoms with Crippen LogP contribution >= 0.6 is 0 Å². The van der Waals surface area contributed by atoms with Gasteiger partial charge in [0.25, 0.3) is 0 Å². The molecule has 34 heavy (non-hydrogen) atoms. The van der Waals surface area contributed by atoms with E-state index < -0.39 is 0 Å². The maximum absolute atomic E-state index is 2.99. The molecule has 0 atom stereocenters. The summed E-state index contributed by atoms with van der Waals surface area (Å²) in [5.41, 5.74) is 6.06. The summed E-state index contributed by atoms with van der Waals surface area (Å²) in [5.74, 6) is 0. The molecule has 1 saturated carbocycles. The van der Waals surface area contributed by atoms with Gasteiger partial charge in [-0.05, 0) is 24.7 Å². The zero-order valence-corrected chi connectivity index (χ0v) is 25.1. The van der Waals surface area contributed by atoms with Crippen LogP contribution in [0.5, 0.6) is 0 Å². The quantitative estimate of drug-likeness (QED) is 0.254. The molecule has 0 N–H and O–H groups in total. The number of hydrogen-bond donors (Lipinski definition) is 0. The predicted molar refractivity (Wildman–Crippen MR) is 149 cm³/mol. The Morgan fingerprint density at radius 1 is 0.765 bits per heavy atom. The van der Waals surface area contributed by atoms with E-state index in [4.69, 9.17) is 0 Å². The predicted octanol–water partition coefficient (Wildman–Crippen LogP) is 9.51. The summed E-state index contributed by atoms with van der Waals surface area (Å²) in [5, 5.41) is 5.55. The molecule has 0 unspecified atom stereocenters. The van der Waals surface area contributed by atoms with Crippen molar-refractivity contribution in [2.45, 2.75) is 98.3 Å². The number of rotatable bonds is 0. The molecule has 0 radical (unpaired) electrons. The van der Waals surface area contributed by atoms with Crippen LogP contribution in [0.25, 0.3) is 21.5 Å².